The van der Waals surface area contributed by atoms with Crippen molar-refractivity contribution in [3.63, 3.8) is 0 Å². The summed E-state index contributed by atoms with van der Waals surface area (Å²) in [4.78, 5) is 13.5. The summed E-state index contributed by atoms with van der Waals surface area (Å²) in [5, 5.41) is 11.4. The van der Waals surface area contributed by atoms with Gasteiger partial charge in [0.2, 0.25) is 0 Å². The molecular weight excluding hydrogens is 246 g/mol. The Morgan fingerprint density at radius 2 is 2.29 bits per heavy atom. The summed E-state index contributed by atoms with van der Waals surface area (Å²) < 4.78 is 0.896. The lowest BCUT2D eigenvalue weighted by Crippen LogP contribution is -2.24. The van der Waals surface area contributed by atoms with Crippen LogP contribution in [0.5, 0.6) is 0 Å². The van der Waals surface area contributed by atoms with Crippen molar-refractivity contribution in [3.05, 3.63) is 34.4 Å². The van der Waals surface area contributed by atoms with E-state index in [1.165, 1.54) is 0 Å². The third-order valence-corrected chi connectivity index (χ3v) is 2.73. The third-order valence-electron chi connectivity index (χ3n) is 2.07. The molecule has 0 fully saturated rings. The molecule has 0 saturated heterocycles. The molecule has 14 heavy (non-hydrogen) atoms. The van der Waals surface area contributed by atoms with Crippen LogP contribution in [-0.2, 0) is 11.2 Å². The second-order valence-corrected chi connectivity index (χ2v) is 3.88. The number of H-pyrrole nitrogens is 1. The molecule has 0 aliphatic carbocycles. The van der Waals surface area contributed by atoms with E-state index in [4.69, 9.17) is 0 Å². The third kappa shape index (κ3) is 1.53. The molecule has 72 valence electrons. The summed E-state index contributed by atoms with van der Waals surface area (Å²) in [5.74, 6) is -1.07. The number of aromatic nitrogens is 1. The van der Waals surface area contributed by atoms with Crippen LogP contribution in [0.4, 0.5) is 0 Å². The van der Waals surface area contributed by atoms with Crippen LogP contribution in [0.25, 0.3) is 10.9 Å². The molecule has 0 amide bonds. The maximum absolute atomic E-state index is 10.5. The van der Waals surface area contributed by atoms with Crippen LogP contribution in [0.15, 0.2) is 28.9 Å². The average molecular weight is 253 g/mol. The monoisotopic (exact) mass is 252 g/mol. The van der Waals surface area contributed by atoms with E-state index in [0.717, 1.165) is 20.9 Å². The van der Waals surface area contributed by atoms with Crippen LogP contribution in [0.1, 0.15) is 5.56 Å². The molecule has 0 aliphatic rings. The Hall–Kier alpha value is -1.29. The van der Waals surface area contributed by atoms with Crippen molar-refractivity contribution in [1.82, 2.24) is 4.98 Å². The van der Waals surface area contributed by atoms with Crippen LogP contribution in [0, 0.1) is 0 Å². The molecule has 2 aromatic rings. The molecule has 0 spiro atoms. The van der Waals surface area contributed by atoms with Gasteiger partial charge in [-0.15, -0.1) is 0 Å². The van der Waals surface area contributed by atoms with Gasteiger partial charge < -0.3 is 14.9 Å². The van der Waals surface area contributed by atoms with Gasteiger partial charge in [-0.25, -0.2) is 0 Å². The summed E-state index contributed by atoms with van der Waals surface area (Å²) in [7, 11) is 0. The molecule has 4 heteroatoms. The van der Waals surface area contributed by atoms with Gasteiger partial charge in [0.1, 0.15) is 0 Å². The number of halogens is 1. The van der Waals surface area contributed by atoms with Gasteiger partial charge in [-0.05, 0) is 17.7 Å². The van der Waals surface area contributed by atoms with E-state index in [-0.39, 0.29) is 6.42 Å². The fourth-order valence-electron chi connectivity index (χ4n) is 1.50. The molecule has 1 heterocycles. The Morgan fingerprint density at radius 1 is 1.50 bits per heavy atom. The summed E-state index contributed by atoms with van der Waals surface area (Å²) in [6, 6.07) is 5.68. The van der Waals surface area contributed by atoms with Gasteiger partial charge in [-0.2, -0.15) is 0 Å². The number of carbonyl (C=O) groups excluding carboxylic acids is 1. The van der Waals surface area contributed by atoms with Crippen molar-refractivity contribution < 1.29 is 9.90 Å². The number of benzene rings is 1. The zero-order valence-corrected chi connectivity index (χ0v) is 8.80. The highest BCUT2D eigenvalue weighted by Crippen LogP contribution is 2.26. The van der Waals surface area contributed by atoms with Crippen molar-refractivity contribution in [1.29, 1.82) is 0 Å². The maximum atomic E-state index is 10.5. The summed E-state index contributed by atoms with van der Waals surface area (Å²) in [5.41, 5.74) is 1.67. The lowest BCUT2D eigenvalue weighted by atomic mass is 10.1. The van der Waals surface area contributed by atoms with Gasteiger partial charge in [-0.3, -0.25) is 0 Å². The fourth-order valence-corrected chi connectivity index (χ4v) is 2.12. The van der Waals surface area contributed by atoms with Crippen molar-refractivity contribution in [2.75, 3.05) is 0 Å². The molecule has 2 rings (SSSR count). The quantitative estimate of drug-likeness (QED) is 0.874. The first-order chi connectivity index (χ1) is 6.68. The Morgan fingerprint density at radius 3 is 3.00 bits per heavy atom. The number of carboxylic acid groups (broad SMARTS) is 1. The molecule has 0 saturated carbocycles. The topological polar surface area (TPSA) is 55.9 Å². The maximum Gasteiger partial charge on any atom is 0.0468 e. The smallest absolute Gasteiger partial charge is 0.0468 e. The molecule has 0 aliphatic heterocycles. The normalized spacial score (nSPS) is 10.6. The zero-order chi connectivity index (χ0) is 10.1. The van der Waals surface area contributed by atoms with Crippen LogP contribution in [0.3, 0.4) is 0 Å². The fraction of sp³-hybridized carbons (Fsp3) is 0.100. The Bertz CT molecular complexity index is 490. The molecule has 0 unspecified atom stereocenters. The Balaban J connectivity index is 2.61. The van der Waals surface area contributed by atoms with Crippen molar-refractivity contribution in [2.45, 2.75) is 6.42 Å². The first kappa shape index (κ1) is 9.27. The SMILES string of the molecule is O=C([O-])Cc1c[nH]c2cccc(Br)c12. The highest BCUT2D eigenvalue weighted by atomic mass is 79.9. The van der Waals surface area contributed by atoms with Crippen molar-refractivity contribution in [2.24, 2.45) is 0 Å². The van der Waals surface area contributed by atoms with Crippen LogP contribution in [0.2, 0.25) is 0 Å². The molecule has 0 atom stereocenters. The number of rotatable bonds is 2. The summed E-state index contributed by atoms with van der Waals surface area (Å²) in [6.45, 7) is 0. The average Bonchev–Trinajstić information content (AvgIpc) is 2.49. The number of aliphatic carboxylic acids is 1. The predicted molar refractivity (Wildman–Crippen MR) is 54.7 cm³/mol. The largest absolute Gasteiger partial charge is 0.550 e. The minimum atomic E-state index is -1.07. The van der Waals surface area contributed by atoms with E-state index in [0.29, 0.717) is 0 Å². The highest BCUT2D eigenvalue weighted by molar-refractivity contribution is 9.10. The van der Waals surface area contributed by atoms with Gasteiger partial charge >= 0.3 is 0 Å². The van der Waals surface area contributed by atoms with Crippen LogP contribution < -0.4 is 5.11 Å². The van der Waals surface area contributed by atoms with Crippen LogP contribution in [-0.4, -0.2) is 11.0 Å². The van der Waals surface area contributed by atoms with Gasteiger partial charge in [-0.1, -0.05) is 22.0 Å². The predicted octanol–water partition coefficient (Wildman–Crippen LogP) is 1.22. The van der Waals surface area contributed by atoms with Gasteiger partial charge in [0.25, 0.3) is 0 Å². The number of carboxylic acids is 1. The summed E-state index contributed by atoms with van der Waals surface area (Å²) >= 11 is 3.38. The minimum Gasteiger partial charge on any atom is -0.550 e. The molecule has 1 N–H and O–H groups in total. The molecule has 3 nitrogen and oxygen atoms in total. The van der Waals surface area contributed by atoms with Crippen LogP contribution >= 0.6 is 15.9 Å². The number of aromatic amines is 1. The highest BCUT2D eigenvalue weighted by Gasteiger charge is 2.06. The van der Waals surface area contributed by atoms with Crippen molar-refractivity contribution in [3.8, 4) is 0 Å². The summed E-state index contributed by atoms with van der Waals surface area (Å²) in [6.07, 6.45) is 1.63. The van der Waals surface area contributed by atoms with E-state index >= 15 is 0 Å². The van der Waals surface area contributed by atoms with Gasteiger partial charge in [0, 0.05) is 34.0 Å². The second kappa shape index (κ2) is 3.46. The lowest BCUT2D eigenvalue weighted by Gasteiger charge is -2.01. The Labute approximate surface area is 88.9 Å². The van der Waals surface area contributed by atoms with E-state index < -0.39 is 5.97 Å². The molecule has 0 radical (unpaired) electrons. The number of hydrogen-bond acceptors (Lipinski definition) is 2. The van der Waals surface area contributed by atoms with E-state index in [2.05, 4.69) is 20.9 Å². The molecular formula is C10H7BrNO2-. The van der Waals surface area contributed by atoms with E-state index in [9.17, 15) is 9.90 Å². The zero-order valence-electron chi connectivity index (χ0n) is 7.21. The van der Waals surface area contributed by atoms with Gasteiger partial charge in [0.05, 0.1) is 0 Å². The van der Waals surface area contributed by atoms with E-state index in [1.807, 2.05) is 18.2 Å². The Kier molecular flexibility index (Phi) is 2.29. The van der Waals surface area contributed by atoms with Crippen molar-refractivity contribution >= 4 is 32.8 Å². The molecule has 0 bridgehead atoms. The minimum absolute atomic E-state index is 0.0669. The second-order valence-electron chi connectivity index (χ2n) is 3.03. The van der Waals surface area contributed by atoms with Gasteiger partial charge in [0.15, 0.2) is 0 Å². The first-order valence-electron chi connectivity index (χ1n) is 4.13. The number of hydrogen-bond donors (Lipinski definition) is 1. The standard InChI is InChI=1S/C10H8BrNO2/c11-7-2-1-3-8-10(7)6(5-12-8)4-9(13)14/h1-3,5,12H,4H2,(H,13,14)/p-1. The molecule has 1 aromatic heterocycles. The number of fused-ring (bicyclic) bond motifs is 1. The number of carbonyl (C=O) groups is 1. The lowest BCUT2D eigenvalue weighted by molar-refractivity contribution is -0.304. The van der Waals surface area contributed by atoms with E-state index in [1.54, 1.807) is 6.20 Å². The number of nitrogens with one attached hydrogen (secondary N) is 1. The molecule has 1 aromatic carbocycles. The first-order valence-corrected chi connectivity index (χ1v) is 4.92.